The van der Waals surface area contributed by atoms with E-state index in [1.807, 2.05) is 0 Å². The van der Waals surface area contributed by atoms with Crippen LogP contribution in [0.5, 0.6) is 0 Å². The second-order valence-corrected chi connectivity index (χ2v) is 15.0. The Bertz CT molecular complexity index is 3100. The van der Waals surface area contributed by atoms with Gasteiger partial charge in [-0.25, -0.2) is 0 Å². The van der Waals surface area contributed by atoms with Crippen LogP contribution < -0.4 is 0 Å². The van der Waals surface area contributed by atoms with Crippen molar-refractivity contribution in [1.82, 2.24) is 0 Å². The van der Waals surface area contributed by atoms with E-state index in [1.54, 1.807) is 0 Å². The lowest BCUT2D eigenvalue weighted by molar-refractivity contribution is 0.715. The summed E-state index contributed by atoms with van der Waals surface area (Å²) >= 11 is 0. The minimum Gasteiger partial charge on any atom is -0.0622 e. The first-order chi connectivity index (χ1) is 26.6. The fourth-order valence-electron chi connectivity index (χ4n) is 9.40. The molecule has 0 spiro atoms. The molecule has 0 saturated heterocycles. The van der Waals surface area contributed by atoms with Crippen LogP contribution in [0.3, 0.4) is 0 Å². The van der Waals surface area contributed by atoms with Crippen LogP contribution in [0, 0.1) is 0 Å². The molecule has 0 aliphatic heterocycles. The second-order valence-electron chi connectivity index (χ2n) is 15.0. The smallest absolute Gasteiger partial charge is 0.0435 e. The van der Waals surface area contributed by atoms with Gasteiger partial charge in [-0.3, -0.25) is 0 Å². The molecule has 1 unspecified atom stereocenters. The standard InChI is InChI=1S/C54H36/c1-54(42-18-6-3-7-19-42)51-23-13-12-22-45(51)50-32-39-25-24-37(30-41(39)34-52(50)54)38-27-29-46(48(31-38)35-14-4-2-5-15-35)53-44-21-11-9-17-40(44)33-49-43-20-10-8-16-36(43)26-28-47(49)53/h2-34H,1H3. The molecule has 0 bridgehead atoms. The first kappa shape index (κ1) is 30.8. The summed E-state index contributed by atoms with van der Waals surface area (Å²) in [6, 6.07) is 74.4. The molecule has 10 aromatic carbocycles. The lowest BCUT2D eigenvalue weighted by Gasteiger charge is -2.28. The monoisotopic (exact) mass is 684 g/mol. The molecule has 11 rings (SSSR count). The van der Waals surface area contributed by atoms with E-state index in [0.717, 1.165) is 0 Å². The van der Waals surface area contributed by atoms with Gasteiger partial charge in [-0.15, -0.1) is 0 Å². The van der Waals surface area contributed by atoms with Crippen molar-refractivity contribution in [2.45, 2.75) is 12.3 Å². The molecule has 0 fully saturated rings. The van der Waals surface area contributed by atoms with E-state index < -0.39 is 0 Å². The van der Waals surface area contributed by atoms with Crippen molar-refractivity contribution >= 4 is 43.1 Å². The first-order valence-corrected chi connectivity index (χ1v) is 18.9. The van der Waals surface area contributed by atoms with Crippen molar-refractivity contribution < 1.29 is 0 Å². The third kappa shape index (κ3) is 4.57. The fourth-order valence-corrected chi connectivity index (χ4v) is 9.40. The highest BCUT2D eigenvalue weighted by Crippen LogP contribution is 2.53. The summed E-state index contributed by atoms with van der Waals surface area (Å²) < 4.78 is 0. The summed E-state index contributed by atoms with van der Waals surface area (Å²) in [4.78, 5) is 0. The van der Waals surface area contributed by atoms with E-state index >= 15 is 0 Å². The molecule has 252 valence electrons. The molecule has 0 heteroatoms. The van der Waals surface area contributed by atoms with Gasteiger partial charge in [0.05, 0.1) is 0 Å². The molecule has 1 aliphatic carbocycles. The summed E-state index contributed by atoms with van der Waals surface area (Å²) in [7, 11) is 0. The van der Waals surface area contributed by atoms with E-state index in [2.05, 4.69) is 207 Å². The highest BCUT2D eigenvalue weighted by Gasteiger charge is 2.40. The van der Waals surface area contributed by atoms with Crippen LogP contribution in [0.4, 0.5) is 0 Å². The van der Waals surface area contributed by atoms with Crippen LogP contribution >= 0.6 is 0 Å². The van der Waals surface area contributed by atoms with Crippen LogP contribution in [0.2, 0.25) is 0 Å². The van der Waals surface area contributed by atoms with Gasteiger partial charge in [0.25, 0.3) is 0 Å². The Kier molecular flexibility index (Phi) is 6.78. The maximum atomic E-state index is 2.46. The SMILES string of the molecule is CC1(c2ccccc2)c2ccccc2-c2cc3ccc(-c4ccc(-c5c6ccccc6cc6c5ccc5ccccc56)c(-c5ccccc5)c4)cc3cc21. The fraction of sp³-hybridized carbons (Fsp3) is 0.0370. The summed E-state index contributed by atoms with van der Waals surface area (Å²) in [5, 5.41) is 10.2. The quantitative estimate of drug-likeness (QED) is 0.128. The molecule has 10 aromatic rings. The molecule has 0 amide bonds. The topological polar surface area (TPSA) is 0 Å². The normalized spacial score (nSPS) is 14.8. The molecule has 0 saturated carbocycles. The van der Waals surface area contributed by atoms with E-state index in [0.29, 0.717) is 0 Å². The van der Waals surface area contributed by atoms with E-state index in [4.69, 9.17) is 0 Å². The minimum absolute atomic E-state index is 0.230. The zero-order valence-corrected chi connectivity index (χ0v) is 30.1. The number of rotatable bonds is 4. The zero-order chi connectivity index (χ0) is 35.8. The van der Waals surface area contributed by atoms with Gasteiger partial charge in [0, 0.05) is 5.41 Å². The van der Waals surface area contributed by atoms with Gasteiger partial charge < -0.3 is 0 Å². The molecule has 1 aliphatic rings. The minimum atomic E-state index is -0.230. The molecule has 0 aromatic heterocycles. The summed E-state index contributed by atoms with van der Waals surface area (Å²) in [6.45, 7) is 2.40. The van der Waals surface area contributed by atoms with Crippen molar-refractivity contribution in [3.8, 4) is 44.5 Å². The summed E-state index contributed by atoms with van der Waals surface area (Å²) in [5.74, 6) is 0. The van der Waals surface area contributed by atoms with Gasteiger partial charge in [-0.05, 0) is 142 Å². The number of fused-ring (bicyclic) bond motifs is 8. The lowest BCUT2D eigenvalue weighted by Crippen LogP contribution is -2.22. The highest BCUT2D eigenvalue weighted by atomic mass is 14.4. The molecular formula is C54H36. The Labute approximate surface area is 315 Å². The maximum absolute atomic E-state index is 2.46. The Morgan fingerprint density at radius 3 is 1.81 bits per heavy atom. The van der Waals surface area contributed by atoms with Gasteiger partial charge in [0.15, 0.2) is 0 Å². The average molecular weight is 685 g/mol. The maximum Gasteiger partial charge on any atom is 0.0435 e. The Morgan fingerprint density at radius 2 is 0.963 bits per heavy atom. The summed E-state index contributed by atoms with van der Waals surface area (Å²) in [6.07, 6.45) is 0. The van der Waals surface area contributed by atoms with Crippen molar-refractivity contribution in [3.05, 3.63) is 217 Å². The van der Waals surface area contributed by atoms with E-state index in [9.17, 15) is 0 Å². The Morgan fingerprint density at radius 1 is 0.296 bits per heavy atom. The largest absolute Gasteiger partial charge is 0.0622 e. The predicted molar refractivity (Wildman–Crippen MR) is 230 cm³/mol. The number of hydrogen-bond acceptors (Lipinski definition) is 0. The zero-order valence-electron chi connectivity index (χ0n) is 30.1. The van der Waals surface area contributed by atoms with E-state index in [-0.39, 0.29) is 5.41 Å². The molecular weight excluding hydrogens is 649 g/mol. The number of hydrogen-bond donors (Lipinski definition) is 0. The van der Waals surface area contributed by atoms with Crippen LogP contribution in [0.1, 0.15) is 23.6 Å². The van der Waals surface area contributed by atoms with Crippen molar-refractivity contribution in [2.75, 3.05) is 0 Å². The molecule has 0 radical (unpaired) electrons. The third-order valence-corrected chi connectivity index (χ3v) is 12.1. The molecule has 0 nitrogen and oxygen atoms in total. The highest BCUT2D eigenvalue weighted by molar-refractivity contribution is 6.21. The van der Waals surface area contributed by atoms with Gasteiger partial charge in [0.2, 0.25) is 0 Å². The van der Waals surface area contributed by atoms with Crippen LogP contribution in [-0.2, 0) is 5.41 Å². The molecule has 54 heavy (non-hydrogen) atoms. The Balaban J connectivity index is 1.12. The molecule has 1 atom stereocenters. The molecule has 0 N–H and O–H groups in total. The molecule has 0 heterocycles. The predicted octanol–water partition coefficient (Wildman–Crippen LogP) is 14.6. The van der Waals surface area contributed by atoms with Gasteiger partial charge in [0.1, 0.15) is 0 Å². The van der Waals surface area contributed by atoms with E-state index in [1.165, 1.54) is 104 Å². The van der Waals surface area contributed by atoms with Gasteiger partial charge >= 0.3 is 0 Å². The van der Waals surface area contributed by atoms with Gasteiger partial charge in [-0.2, -0.15) is 0 Å². The van der Waals surface area contributed by atoms with Crippen molar-refractivity contribution in [3.63, 3.8) is 0 Å². The van der Waals surface area contributed by atoms with Crippen molar-refractivity contribution in [1.29, 1.82) is 0 Å². The lowest BCUT2D eigenvalue weighted by atomic mass is 9.74. The number of benzene rings is 10. The van der Waals surface area contributed by atoms with Gasteiger partial charge in [-0.1, -0.05) is 170 Å². The van der Waals surface area contributed by atoms with Crippen LogP contribution in [-0.4, -0.2) is 0 Å². The van der Waals surface area contributed by atoms with Crippen molar-refractivity contribution in [2.24, 2.45) is 0 Å². The first-order valence-electron chi connectivity index (χ1n) is 18.9. The second kappa shape index (κ2) is 11.9. The summed E-state index contributed by atoms with van der Waals surface area (Å²) in [5.41, 5.74) is 13.9. The average Bonchev–Trinajstić information content (AvgIpc) is 3.49. The Hall–Kier alpha value is -6.76. The third-order valence-electron chi connectivity index (χ3n) is 12.1. The van der Waals surface area contributed by atoms with Crippen LogP contribution in [0.25, 0.3) is 87.6 Å². The van der Waals surface area contributed by atoms with Crippen LogP contribution in [0.15, 0.2) is 200 Å².